The molecule has 24 heavy (non-hydrogen) atoms. The van der Waals surface area contributed by atoms with Crippen molar-refractivity contribution in [3.8, 4) is 0 Å². The quantitative estimate of drug-likeness (QED) is 0.838. The first kappa shape index (κ1) is 17.1. The highest BCUT2D eigenvalue weighted by molar-refractivity contribution is 7.91. The van der Waals surface area contributed by atoms with E-state index in [0.717, 1.165) is 5.56 Å². The van der Waals surface area contributed by atoms with E-state index in [1.54, 1.807) is 17.0 Å². The molecule has 2 aromatic rings. The molecule has 1 aromatic carbocycles. The molecule has 4 nitrogen and oxygen atoms in total. The number of sulfone groups is 1. The van der Waals surface area contributed by atoms with Crippen molar-refractivity contribution >= 4 is 27.1 Å². The number of carbonyl (C=O) groups is 1. The zero-order chi connectivity index (χ0) is 17.2. The molecule has 0 N–H and O–H groups in total. The monoisotopic (exact) mass is 367 g/mol. The van der Waals surface area contributed by atoms with E-state index >= 15 is 0 Å². The van der Waals surface area contributed by atoms with Crippen LogP contribution in [0.25, 0.3) is 0 Å². The molecule has 0 unspecified atom stereocenters. The number of hydrogen-bond donors (Lipinski definition) is 0. The maximum atomic E-state index is 14.0. The minimum atomic E-state index is -3.50. The maximum Gasteiger partial charge on any atom is 0.227 e. The van der Waals surface area contributed by atoms with Crippen LogP contribution in [0.4, 0.5) is 4.39 Å². The molecule has 2 heterocycles. The minimum Gasteiger partial charge on any atom is -0.341 e. The third-order valence-corrected chi connectivity index (χ3v) is 7.12. The van der Waals surface area contributed by atoms with Gasteiger partial charge in [-0.05, 0) is 34.9 Å². The van der Waals surface area contributed by atoms with Crippen LogP contribution >= 0.6 is 11.3 Å². The molecule has 1 saturated heterocycles. The van der Waals surface area contributed by atoms with E-state index in [9.17, 15) is 17.6 Å². The van der Waals surface area contributed by atoms with Gasteiger partial charge in [-0.15, -0.1) is 0 Å². The van der Waals surface area contributed by atoms with Crippen LogP contribution in [-0.4, -0.2) is 38.1 Å². The highest BCUT2D eigenvalue weighted by Crippen LogP contribution is 2.31. The molecular weight excluding hydrogens is 349 g/mol. The zero-order valence-corrected chi connectivity index (χ0v) is 14.7. The van der Waals surface area contributed by atoms with Crippen LogP contribution in [0.5, 0.6) is 0 Å². The van der Waals surface area contributed by atoms with Crippen LogP contribution in [0.3, 0.4) is 0 Å². The molecule has 1 aliphatic rings. The number of nitrogens with zero attached hydrogens (tertiary/aromatic N) is 1. The van der Waals surface area contributed by atoms with Gasteiger partial charge >= 0.3 is 0 Å². The summed E-state index contributed by atoms with van der Waals surface area (Å²) in [6.45, 7) is 0.484. The summed E-state index contributed by atoms with van der Waals surface area (Å²) in [5.41, 5.74) is 1.13. The largest absolute Gasteiger partial charge is 0.341 e. The molecule has 1 aliphatic heterocycles. The predicted octanol–water partition coefficient (Wildman–Crippen LogP) is 2.82. The molecule has 0 bridgehead atoms. The predicted molar refractivity (Wildman–Crippen MR) is 92.1 cm³/mol. The lowest BCUT2D eigenvalue weighted by molar-refractivity contribution is -0.130. The van der Waals surface area contributed by atoms with Gasteiger partial charge in [-0.1, -0.05) is 18.2 Å². The van der Waals surface area contributed by atoms with Gasteiger partial charge in [-0.2, -0.15) is 11.3 Å². The lowest BCUT2D eigenvalue weighted by Gasteiger charge is -2.20. The average molecular weight is 367 g/mol. The third-order valence-electron chi connectivity index (χ3n) is 4.28. The van der Waals surface area contributed by atoms with Crippen LogP contribution in [0.1, 0.15) is 22.8 Å². The molecular formula is C17H18FNO3S2. The van der Waals surface area contributed by atoms with Crippen molar-refractivity contribution in [1.82, 2.24) is 4.90 Å². The number of benzene rings is 1. The Morgan fingerprint density at radius 3 is 2.75 bits per heavy atom. The van der Waals surface area contributed by atoms with Gasteiger partial charge in [-0.25, -0.2) is 12.8 Å². The first-order valence-corrected chi connectivity index (χ1v) is 10.4. The van der Waals surface area contributed by atoms with Crippen molar-refractivity contribution in [1.29, 1.82) is 0 Å². The Hall–Kier alpha value is -1.73. The summed E-state index contributed by atoms with van der Waals surface area (Å²) in [5, 5.41) is 2.93. The van der Waals surface area contributed by atoms with Gasteiger partial charge in [0.25, 0.3) is 0 Å². The van der Waals surface area contributed by atoms with Crippen molar-refractivity contribution in [2.45, 2.75) is 18.1 Å². The smallest absolute Gasteiger partial charge is 0.227 e. The van der Waals surface area contributed by atoms with Crippen molar-refractivity contribution in [2.24, 2.45) is 0 Å². The number of thiophene rings is 1. The average Bonchev–Trinajstić information content (AvgIpc) is 2.98. The van der Waals surface area contributed by atoms with Gasteiger partial charge in [-0.3, -0.25) is 4.79 Å². The summed E-state index contributed by atoms with van der Waals surface area (Å²) < 4.78 is 39.1. The minimum absolute atomic E-state index is 0.0854. The molecule has 1 aromatic heterocycles. The van der Waals surface area contributed by atoms with Crippen molar-refractivity contribution < 1.29 is 17.6 Å². The van der Waals surface area contributed by atoms with Crippen molar-refractivity contribution in [3.05, 3.63) is 58.0 Å². The summed E-state index contributed by atoms with van der Waals surface area (Å²) in [7, 11) is -3.50. The highest BCUT2D eigenvalue weighted by Gasteiger charge is 2.34. The van der Waals surface area contributed by atoms with Gasteiger partial charge in [0.15, 0.2) is 9.84 Å². The highest BCUT2D eigenvalue weighted by atomic mass is 32.2. The first-order valence-electron chi connectivity index (χ1n) is 7.72. The summed E-state index contributed by atoms with van der Waals surface area (Å²) in [6.07, 6.45) is 0.493. The second-order valence-electron chi connectivity index (χ2n) is 5.85. The Morgan fingerprint density at radius 2 is 2.04 bits per heavy atom. The Balaban J connectivity index is 1.77. The van der Waals surface area contributed by atoms with E-state index in [2.05, 4.69) is 0 Å². The second-order valence-corrected chi connectivity index (χ2v) is 8.94. The van der Waals surface area contributed by atoms with E-state index in [0.29, 0.717) is 6.54 Å². The molecule has 1 amide bonds. The lowest BCUT2D eigenvalue weighted by Crippen LogP contribution is -2.34. The Bertz CT molecular complexity index is 818. The lowest BCUT2D eigenvalue weighted by atomic mass is 10.1. The van der Waals surface area contributed by atoms with E-state index < -0.39 is 20.9 Å². The van der Waals surface area contributed by atoms with E-state index in [1.807, 2.05) is 16.8 Å². The van der Waals surface area contributed by atoms with E-state index in [-0.39, 0.29) is 36.6 Å². The molecule has 1 atom stereocenters. The SMILES string of the molecule is O=C(Cc1ccsc1)N1CC[C@@H](c2ccccc2F)S(=O)(=O)CC1. The molecule has 3 rings (SSSR count). The first-order chi connectivity index (χ1) is 11.5. The topological polar surface area (TPSA) is 54.5 Å². The number of rotatable bonds is 3. The van der Waals surface area contributed by atoms with Gasteiger partial charge in [0.1, 0.15) is 5.82 Å². The van der Waals surface area contributed by atoms with Gasteiger partial charge in [0.05, 0.1) is 17.4 Å². The van der Waals surface area contributed by atoms with Crippen LogP contribution in [0.2, 0.25) is 0 Å². The van der Waals surface area contributed by atoms with Crippen LogP contribution < -0.4 is 0 Å². The number of hydrogen-bond acceptors (Lipinski definition) is 4. The van der Waals surface area contributed by atoms with Crippen molar-refractivity contribution in [3.63, 3.8) is 0 Å². The van der Waals surface area contributed by atoms with Crippen LogP contribution in [-0.2, 0) is 21.1 Å². The molecule has 1 fully saturated rings. The Labute approximate surface area is 144 Å². The molecule has 0 spiro atoms. The standard InChI is InChI=1S/C17H18FNO3S2/c18-15-4-2-1-3-14(15)16-5-7-19(8-10-24(16,21)22)17(20)11-13-6-9-23-12-13/h1-4,6,9,12,16H,5,7-8,10-11H2/t16-/m0/s1. The fourth-order valence-electron chi connectivity index (χ4n) is 2.96. The summed E-state index contributed by atoms with van der Waals surface area (Å²) >= 11 is 1.52. The molecule has 128 valence electrons. The molecule has 0 radical (unpaired) electrons. The molecule has 0 saturated carbocycles. The van der Waals surface area contributed by atoms with Crippen LogP contribution in [0, 0.1) is 5.82 Å². The fourth-order valence-corrected chi connectivity index (χ4v) is 5.43. The summed E-state index contributed by atoms with van der Waals surface area (Å²) in [6, 6.07) is 7.85. The summed E-state index contributed by atoms with van der Waals surface area (Å²) in [5.74, 6) is -0.733. The maximum absolute atomic E-state index is 14.0. The van der Waals surface area contributed by atoms with E-state index in [4.69, 9.17) is 0 Å². The van der Waals surface area contributed by atoms with Crippen molar-refractivity contribution in [2.75, 3.05) is 18.8 Å². The molecule has 0 aliphatic carbocycles. The fraction of sp³-hybridized carbons (Fsp3) is 0.353. The van der Waals surface area contributed by atoms with Gasteiger partial charge in [0, 0.05) is 18.7 Å². The number of carbonyl (C=O) groups excluding carboxylic acids is 1. The zero-order valence-electron chi connectivity index (χ0n) is 13.0. The Kier molecular flexibility index (Phi) is 5.01. The second kappa shape index (κ2) is 7.03. The summed E-state index contributed by atoms with van der Waals surface area (Å²) in [4.78, 5) is 14.0. The van der Waals surface area contributed by atoms with Gasteiger partial charge < -0.3 is 4.90 Å². The Morgan fingerprint density at radius 1 is 1.25 bits per heavy atom. The molecule has 7 heteroatoms. The normalized spacial score (nSPS) is 20.5. The van der Waals surface area contributed by atoms with Crippen LogP contribution in [0.15, 0.2) is 41.1 Å². The third kappa shape index (κ3) is 3.67. The number of halogens is 1. The van der Waals surface area contributed by atoms with E-state index in [1.165, 1.54) is 23.5 Å². The number of amides is 1. The van der Waals surface area contributed by atoms with Gasteiger partial charge in [0.2, 0.25) is 5.91 Å².